The number of likely N-dealkylation sites (tertiary alicyclic amines) is 1. The van der Waals surface area contributed by atoms with E-state index < -0.39 is 0 Å². The lowest BCUT2D eigenvalue weighted by molar-refractivity contribution is -0.136. The molecule has 1 atom stereocenters. The largest absolute Gasteiger partial charge is 0.345 e. The fourth-order valence-electron chi connectivity index (χ4n) is 5.67. The van der Waals surface area contributed by atoms with Crippen LogP contribution in [0, 0.1) is 5.92 Å². The first kappa shape index (κ1) is 22.4. The van der Waals surface area contributed by atoms with Crippen LogP contribution >= 0.6 is 15.9 Å². The summed E-state index contributed by atoms with van der Waals surface area (Å²) in [5, 5.41) is 4.59. The maximum absolute atomic E-state index is 13.2. The van der Waals surface area contributed by atoms with Crippen molar-refractivity contribution in [3.8, 4) is 0 Å². The number of halogens is 1. The van der Waals surface area contributed by atoms with E-state index in [9.17, 15) is 14.4 Å². The lowest BCUT2D eigenvalue weighted by Gasteiger charge is -2.33. The molecule has 33 heavy (non-hydrogen) atoms. The molecule has 1 aromatic heterocycles. The van der Waals surface area contributed by atoms with E-state index in [1.54, 1.807) is 11.9 Å². The van der Waals surface area contributed by atoms with E-state index in [1.165, 1.54) is 4.68 Å². The molecule has 2 saturated heterocycles. The van der Waals surface area contributed by atoms with Crippen molar-refractivity contribution in [2.24, 2.45) is 13.0 Å². The first-order chi connectivity index (χ1) is 15.9. The SMILES string of the molecule is Cn1nc(C2CCN(C(=O)C3CC(=O)N(c4cccc(Br)c4)C3)CC2)n(C2CCCC2)c1=O. The molecule has 3 aliphatic rings. The van der Waals surface area contributed by atoms with Crippen molar-refractivity contribution in [2.75, 3.05) is 24.5 Å². The van der Waals surface area contributed by atoms with Crippen LogP contribution in [0.25, 0.3) is 0 Å². The number of hydrogen-bond donors (Lipinski definition) is 0. The summed E-state index contributed by atoms with van der Waals surface area (Å²) < 4.78 is 4.31. The van der Waals surface area contributed by atoms with E-state index in [4.69, 9.17) is 0 Å². The molecule has 1 aliphatic carbocycles. The second-order valence-electron chi connectivity index (χ2n) is 9.56. The van der Waals surface area contributed by atoms with Gasteiger partial charge in [-0.1, -0.05) is 34.8 Å². The zero-order valence-corrected chi connectivity index (χ0v) is 20.5. The third-order valence-corrected chi connectivity index (χ3v) is 7.93. The van der Waals surface area contributed by atoms with E-state index in [0.29, 0.717) is 19.6 Å². The summed E-state index contributed by atoms with van der Waals surface area (Å²) in [5.74, 6) is 0.828. The monoisotopic (exact) mass is 515 g/mol. The summed E-state index contributed by atoms with van der Waals surface area (Å²) in [6.45, 7) is 1.70. The lowest BCUT2D eigenvalue weighted by Crippen LogP contribution is -2.42. The predicted molar refractivity (Wildman–Crippen MR) is 128 cm³/mol. The van der Waals surface area contributed by atoms with Gasteiger partial charge in [-0.3, -0.25) is 14.2 Å². The van der Waals surface area contributed by atoms with Gasteiger partial charge in [-0.15, -0.1) is 0 Å². The molecule has 2 aromatic rings. The van der Waals surface area contributed by atoms with Crippen LogP contribution in [-0.2, 0) is 16.6 Å². The van der Waals surface area contributed by atoms with Crippen molar-refractivity contribution in [1.82, 2.24) is 19.2 Å². The zero-order chi connectivity index (χ0) is 23.1. The molecular weight excluding hydrogens is 486 g/mol. The maximum Gasteiger partial charge on any atom is 0.345 e. The predicted octanol–water partition coefficient (Wildman–Crippen LogP) is 3.22. The highest BCUT2D eigenvalue weighted by Gasteiger charge is 2.39. The van der Waals surface area contributed by atoms with Gasteiger partial charge in [0.05, 0.1) is 5.92 Å². The number of rotatable bonds is 4. The smallest absolute Gasteiger partial charge is 0.342 e. The summed E-state index contributed by atoms with van der Waals surface area (Å²) in [5.41, 5.74) is 0.802. The second kappa shape index (κ2) is 9.08. The molecule has 8 nitrogen and oxygen atoms in total. The molecule has 1 saturated carbocycles. The number of benzene rings is 1. The Morgan fingerprint density at radius 2 is 1.82 bits per heavy atom. The molecule has 0 N–H and O–H groups in total. The Labute approximate surface area is 201 Å². The summed E-state index contributed by atoms with van der Waals surface area (Å²) in [6.07, 6.45) is 6.26. The van der Waals surface area contributed by atoms with Crippen LogP contribution < -0.4 is 10.6 Å². The lowest BCUT2D eigenvalue weighted by atomic mass is 9.94. The summed E-state index contributed by atoms with van der Waals surface area (Å²) in [4.78, 5) is 42.2. The molecule has 2 amide bonds. The van der Waals surface area contributed by atoms with Gasteiger partial charge in [-0.05, 0) is 43.9 Å². The maximum atomic E-state index is 13.2. The molecule has 3 fully saturated rings. The Balaban J connectivity index is 1.24. The summed E-state index contributed by atoms with van der Waals surface area (Å²) in [6, 6.07) is 7.89. The van der Waals surface area contributed by atoms with Crippen molar-refractivity contribution < 1.29 is 9.59 Å². The van der Waals surface area contributed by atoms with Gasteiger partial charge in [-0.2, -0.15) is 5.10 Å². The number of nitrogens with zero attached hydrogens (tertiary/aromatic N) is 5. The summed E-state index contributed by atoms with van der Waals surface area (Å²) >= 11 is 3.45. The van der Waals surface area contributed by atoms with E-state index in [2.05, 4.69) is 21.0 Å². The standard InChI is InChI=1S/C24H30BrN5O3/c1-27-24(33)30(19-6-2-3-7-19)22(26-27)16-9-11-28(12-10-16)23(32)17-13-21(31)29(15-17)20-8-4-5-18(25)14-20/h4-5,8,14,16-17,19H,2-3,6-7,9-13,15H2,1H3. The van der Waals surface area contributed by atoms with Gasteiger partial charge < -0.3 is 9.80 Å². The van der Waals surface area contributed by atoms with Crippen molar-refractivity contribution in [3.05, 3.63) is 45.0 Å². The highest BCUT2D eigenvalue weighted by atomic mass is 79.9. The quantitative estimate of drug-likeness (QED) is 0.625. The molecule has 5 rings (SSSR count). The minimum atomic E-state index is -0.306. The minimum absolute atomic E-state index is 0.00426. The number of aromatic nitrogens is 3. The number of carbonyl (C=O) groups is 2. The third-order valence-electron chi connectivity index (χ3n) is 7.44. The Kier molecular flexibility index (Phi) is 6.16. The van der Waals surface area contributed by atoms with Gasteiger partial charge in [-0.25, -0.2) is 9.48 Å². The van der Waals surface area contributed by atoms with Gasteiger partial charge >= 0.3 is 5.69 Å². The molecule has 0 bridgehead atoms. The Morgan fingerprint density at radius 1 is 1.09 bits per heavy atom. The van der Waals surface area contributed by atoms with Crippen molar-refractivity contribution in [2.45, 2.75) is 56.9 Å². The average molecular weight is 516 g/mol. The van der Waals surface area contributed by atoms with Crippen LogP contribution in [0.2, 0.25) is 0 Å². The van der Waals surface area contributed by atoms with Crippen LogP contribution in [-0.4, -0.2) is 50.7 Å². The highest BCUT2D eigenvalue weighted by Crippen LogP contribution is 2.34. The fourth-order valence-corrected chi connectivity index (χ4v) is 6.05. The second-order valence-corrected chi connectivity index (χ2v) is 10.5. The number of carbonyl (C=O) groups excluding carboxylic acids is 2. The fraction of sp³-hybridized carbons (Fsp3) is 0.583. The van der Waals surface area contributed by atoms with Gasteiger partial charge in [0.1, 0.15) is 5.82 Å². The van der Waals surface area contributed by atoms with Crippen molar-refractivity contribution >= 4 is 33.4 Å². The van der Waals surface area contributed by atoms with Gasteiger partial charge in [0.2, 0.25) is 11.8 Å². The number of aryl methyl sites for hydroxylation is 1. The molecular formula is C24H30BrN5O3. The van der Waals surface area contributed by atoms with Crippen molar-refractivity contribution in [1.29, 1.82) is 0 Å². The molecule has 9 heteroatoms. The van der Waals surface area contributed by atoms with Gasteiger partial charge in [0.25, 0.3) is 0 Å². The Morgan fingerprint density at radius 3 is 2.52 bits per heavy atom. The van der Waals surface area contributed by atoms with Crippen LogP contribution in [0.1, 0.15) is 62.7 Å². The highest BCUT2D eigenvalue weighted by molar-refractivity contribution is 9.10. The molecule has 176 valence electrons. The molecule has 0 spiro atoms. The number of anilines is 1. The van der Waals surface area contributed by atoms with Crippen LogP contribution in [0.5, 0.6) is 0 Å². The molecule has 3 heterocycles. The van der Waals surface area contributed by atoms with Crippen LogP contribution in [0.15, 0.2) is 33.5 Å². The molecule has 0 radical (unpaired) electrons. The van der Waals surface area contributed by atoms with E-state index in [0.717, 1.165) is 54.5 Å². The van der Waals surface area contributed by atoms with Gasteiger partial charge in [0, 0.05) is 55.2 Å². The number of amides is 2. The number of hydrogen-bond acceptors (Lipinski definition) is 4. The van der Waals surface area contributed by atoms with Gasteiger partial charge in [0.15, 0.2) is 0 Å². The van der Waals surface area contributed by atoms with Crippen molar-refractivity contribution in [3.63, 3.8) is 0 Å². The molecule has 2 aliphatic heterocycles. The topological polar surface area (TPSA) is 80.4 Å². The number of piperidine rings is 1. The molecule has 1 aromatic carbocycles. The third kappa shape index (κ3) is 4.27. The molecule has 1 unspecified atom stereocenters. The summed E-state index contributed by atoms with van der Waals surface area (Å²) in [7, 11) is 1.73. The first-order valence-corrected chi connectivity index (χ1v) is 12.7. The first-order valence-electron chi connectivity index (χ1n) is 11.9. The Hall–Kier alpha value is -2.42. The van der Waals surface area contributed by atoms with E-state index in [-0.39, 0.29) is 41.8 Å². The van der Waals surface area contributed by atoms with E-state index >= 15 is 0 Å². The van der Waals surface area contributed by atoms with Crippen LogP contribution in [0.4, 0.5) is 5.69 Å². The minimum Gasteiger partial charge on any atom is -0.342 e. The Bertz CT molecular complexity index is 1110. The average Bonchev–Trinajstić information content (AvgIpc) is 3.54. The zero-order valence-electron chi connectivity index (χ0n) is 19.0. The van der Waals surface area contributed by atoms with Crippen LogP contribution in [0.3, 0.4) is 0 Å². The van der Waals surface area contributed by atoms with E-state index in [1.807, 2.05) is 33.7 Å². The normalized spacial score (nSPS) is 22.5.